The van der Waals surface area contributed by atoms with Crippen LogP contribution in [0.15, 0.2) is 73.1 Å². The van der Waals surface area contributed by atoms with Gasteiger partial charge >= 0.3 is 6.36 Å². The number of alkyl halides is 3. The van der Waals surface area contributed by atoms with Crippen molar-refractivity contribution in [2.45, 2.75) is 19.9 Å². The van der Waals surface area contributed by atoms with Crippen molar-refractivity contribution in [2.24, 2.45) is 0 Å². The maximum atomic E-state index is 12.5. The number of benzene rings is 2. The molecule has 0 aliphatic heterocycles. The molecular weight excluding hydrogens is 423 g/mol. The number of hydrogen-bond acceptors (Lipinski definition) is 4. The number of fused-ring (bicyclic) bond motifs is 1. The van der Waals surface area contributed by atoms with Crippen LogP contribution in [0.2, 0.25) is 0 Å². The van der Waals surface area contributed by atoms with Gasteiger partial charge in [0.2, 0.25) is 0 Å². The summed E-state index contributed by atoms with van der Waals surface area (Å²) in [5, 5.41) is 2.63. The van der Waals surface area contributed by atoms with E-state index in [1.165, 1.54) is 12.1 Å². The van der Waals surface area contributed by atoms with Gasteiger partial charge in [0.25, 0.3) is 5.91 Å². The Bertz CT molecular complexity index is 1250. The highest BCUT2D eigenvalue weighted by molar-refractivity contribution is 6.04. The van der Waals surface area contributed by atoms with E-state index >= 15 is 0 Å². The van der Waals surface area contributed by atoms with Gasteiger partial charge in [-0.05, 0) is 61.0 Å². The summed E-state index contributed by atoms with van der Waals surface area (Å²) in [6, 6.07) is 15.4. The number of hydrogen-bond donors (Lipinski definition) is 1. The zero-order valence-electron chi connectivity index (χ0n) is 16.9. The lowest BCUT2D eigenvalue weighted by atomic mass is 10.2. The van der Waals surface area contributed by atoms with Gasteiger partial charge in [-0.25, -0.2) is 4.98 Å². The van der Waals surface area contributed by atoms with Crippen LogP contribution in [-0.2, 0) is 6.61 Å². The second kappa shape index (κ2) is 8.62. The Kier molecular flexibility index (Phi) is 5.72. The molecule has 0 aliphatic carbocycles. The first-order valence-corrected chi connectivity index (χ1v) is 9.60. The summed E-state index contributed by atoms with van der Waals surface area (Å²) in [7, 11) is 0. The number of aryl methyl sites for hydroxylation is 1. The fourth-order valence-electron chi connectivity index (χ4n) is 3.10. The molecule has 2 aromatic carbocycles. The molecule has 0 atom stereocenters. The standard InChI is InChI=1S/C23H18F3N3O3/c1-15-4-3-11-29-13-18(27-21(15)29)14-31-20-6-2-5-16(12-20)22(30)28-17-7-9-19(10-8-17)32-23(24,25)26/h2-13H,14H2,1H3,(H,28,30). The molecule has 0 fully saturated rings. The molecule has 6 nitrogen and oxygen atoms in total. The minimum Gasteiger partial charge on any atom is -0.487 e. The molecule has 9 heteroatoms. The summed E-state index contributed by atoms with van der Waals surface area (Å²) in [6.07, 6.45) is -0.982. The Morgan fingerprint density at radius 3 is 2.56 bits per heavy atom. The number of nitrogens with one attached hydrogen (secondary N) is 1. The van der Waals surface area contributed by atoms with Crippen molar-refractivity contribution < 1.29 is 27.4 Å². The van der Waals surface area contributed by atoms with Crippen LogP contribution in [0.5, 0.6) is 11.5 Å². The van der Waals surface area contributed by atoms with Crippen molar-refractivity contribution in [2.75, 3.05) is 5.32 Å². The summed E-state index contributed by atoms with van der Waals surface area (Å²) >= 11 is 0. The number of aromatic nitrogens is 2. The van der Waals surface area contributed by atoms with E-state index in [0.29, 0.717) is 17.0 Å². The van der Waals surface area contributed by atoms with Crippen molar-refractivity contribution in [3.05, 3.63) is 89.9 Å². The van der Waals surface area contributed by atoms with E-state index in [2.05, 4.69) is 15.0 Å². The zero-order chi connectivity index (χ0) is 22.7. The molecule has 0 saturated carbocycles. The summed E-state index contributed by atoms with van der Waals surface area (Å²) in [6.45, 7) is 2.21. The number of amides is 1. The average Bonchev–Trinajstić information content (AvgIpc) is 3.17. The number of imidazole rings is 1. The Hall–Kier alpha value is -4.01. The third-order valence-corrected chi connectivity index (χ3v) is 4.56. The summed E-state index contributed by atoms with van der Waals surface area (Å²) < 4.78 is 48.3. The van der Waals surface area contributed by atoms with Gasteiger partial charge in [-0.1, -0.05) is 12.1 Å². The van der Waals surface area contributed by atoms with Crippen molar-refractivity contribution in [3.63, 3.8) is 0 Å². The smallest absolute Gasteiger partial charge is 0.487 e. The molecule has 0 spiro atoms. The number of carbonyl (C=O) groups is 1. The Morgan fingerprint density at radius 1 is 1.06 bits per heavy atom. The van der Waals surface area contributed by atoms with E-state index in [9.17, 15) is 18.0 Å². The number of halogens is 3. The average molecular weight is 441 g/mol. The number of anilines is 1. The molecule has 0 aliphatic rings. The fourth-order valence-corrected chi connectivity index (χ4v) is 3.10. The summed E-state index contributed by atoms with van der Waals surface area (Å²) in [5.74, 6) is -0.309. The maximum Gasteiger partial charge on any atom is 0.573 e. The molecule has 1 N–H and O–H groups in total. The molecule has 4 rings (SSSR count). The van der Waals surface area contributed by atoms with Crippen LogP contribution in [0.1, 0.15) is 21.6 Å². The molecule has 164 valence electrons. The monoisotopic (exact) mass is 441 g/mol. The van der Waals surface area contributed by atoms with E-state index < -0.39 is 12.3 Å². The second-order valence-corrected chi connectivity index (χ2v) is 7.00. The van der Waals surface area contributed by atoms with Crippen LogP contribution in [0.3, 0.4) is 0 Å². The molecule has 1 amide bonds. The topological polar surface area (TPSA) is 64.9 Å². The molecule has 32 heavy (non-hydrogen) atoms. The third-order valence-electron chi connectivity index (χ3n) is 4.56. The minimum atomic E-state index is -4.77. The predicted molar refractivity (Wildman–Crippen MR) is 112 cm³/mol. The quantitative estimate of drug-likeness (QED) is 0.437. The summed E-state index contributed by atoms with van der Waals surface area (Å²) in [5.41, 5.74) is 3.32. The van der Waals surface area contributed by atoms with Crippen LogP contribution in [0.25, 0.3) is 5.65 Å². The lowest BCUT2D eigenvalue weighted by Gasteiger charge is -2.10. The van der Waals surface area contributed by atoms with E-state index in [-0.39, 0.29) is 12.4 Å². The first kappa shape index (κ1) is 21.2. The second-order valence-electron chi connectivity index (χ2n) is 7.00. The van der Waals surface area contributed by atoms with E-state index in [4.69, 9.17) is 4.74 Å². The Morgan fingerprint density at radius 2 is 1.84 bits per heavy atom. The van der Waals surface area contributed by atoms with Gasteiger partial charge in [0.1, 0.15) is 23.8 Å². The van der Waals surface area contributed by atoms with Crippen LogP contribution in [0, 0.1) is 6.92 Å². The lowest BCUT2D eigenvalue weighted by molar-refractivity contribution is -0.274. The van der Waals surface area contributed by atoms with E-state index in [1.54, 1.807) is 24.3 Å². The number of nitrogens with zero attached hydrogens (tertiary/aromatic N) is 2. The largest absolute Gasteiger partial charge is 0.573 e. The molecule has 0 saturated heterocycles. The van der Waals surface area contributed by atoms with Gasteiger partial charge < -0.3 is 19.2 Å². The van der Waals surface area contributed by atoms with Crippen molar-refractivity contribution in [1.29, 1.82) is 0 Å². The first-order chi connectivity index (χ1) is 15.3. The number of pyridine rings is 1. The van der Waals surface area contributed by atoms with E-state index in [0.717, 1.165) is 29.0 Å². The van der Waals surface area contributed by atoms with E-state index in [1.807, 2.05) is 35.9 Å². The highest BCUT2D eigenvalue weighted by Crippen LogP contribution is 2.24. The Balaban J connectivity index is 1.39. The molecular formula is C23H18F3N3O3. The molecule has 0 bridgehead atoms. The number of carbonyl (C=O) groups excluding carboxylic acids is 1. The molecule has 4 aromatic rings. The van der Waals surface area contributed by atoms with Crippen LogP contribution >= 0.6 is 0 Å². The molecule has 2 aromatic heterocycles. The first-order valence-electron chi connectivity index (χ1n) is 9.60. The van der Waals surface area contributed by atoms with Crippen LogP contribution < -0.4 is 14.8 Å². The molecule has 0 radical (unpaired) electrons. The van der Waals surface area contributed by atoms with Crippen LogP contribution in [-0.4, -0.2) is 21.7 Å². The summed E-state index contributed by atoms with van der Waals surface area (Å²) in [4.78, 5) is 17.1. The highest BCUT2D eigenvalue weighted by atomic mass is 19.4. The molecule has 2 heterocycles. The van der Waals surface area contributed by atoms with Crippen molar-refractivity contribution in [1.82, 2.24) is 9.38 Å². The van der Waals surface area contributed by atoms with Crippen molar-refractivity contribution in [3.8, 4) is 11.5 Å². The highest BCUT2D eigenvalue weighted by Gasteiger charge is 2.30. The maximum absolute atomic E-state index is 12.5. The number of ether oxygens (including phenoxy) is 2. The van der Waals surface area contributed by atoms with Gasteiger partial charge in [0.05, 0.1) is 5.69 Å². The predicted octanol–water partition coefficient (Wildman–Crippen LogP) is 5.37. The third kappa shape index (κ3) is 5.18. The Labute approximate surface area is 181 Å². The fraction of sp³-hybridized carbons (Fsp3) is 0.130. The van der Waals surface area contributed by atoms with Gasteiger partial charge in [0.15, 0.2) is 0 Å². The lowest BCUT2D eigenvalue weighted by Crippen LogP contribution is -2.17. The van der Waals surface area contributed by atoms with Gasteiger partial charge in [-0.3, -0.25) is 4.79 Å². The van der Waals surface area contributed by atoms with Gasteiger partial charge in [0, 0.05) is 23.6 Å². The minimum absolute atomic E-state index is 0.229. The van der Waals surface area contributed by atoms with Crippen molar-refractivity contribution >= 4 is 17.2 Å². The number of rotatable bonds is 6. The molecule has 0 unspecified atom stereocenters. The normalized spacial score (nSPS) is 11.4. The van der Waals surface area contributed by atoms with Crippen LogP contribution in [0.4, 0.5) is 18.9 Å². The van der Waals surface area contributed by atoms with Gasteiger partial charge in [-0.2, -0.15) is 0 Å². The van der Waals surface area contributed by atoms with Gasteiger partial charge in [-0.15, -0.1) is 13.2 Å². The SMILES string of the molecule is Cc1cccn2cc(COc3cccc(C(=O)Nc4ccc(OC(F)(F)F)cc4)c3)nc12. The zero-order valence-corrected chi connectivity index (χ0v) is 16.9.